The van der Waals surface area contributed by atoms with Crippen molar-refractivity contribution in [2.45, 2.75) is 6.42 Å². The molecule has 96 valence electrons. The second-order valence-corrected chi connectivity index (χ2v) is 5.60. The molecule has 1 aromatic carbocycles. The number of nitrogens with two attached hydrogens (primary N) is 1. The molecule has 2 heterocycles. The molecule has 3 N–H and O–H groups in total. The smallest absolute Gasteiger partial charge is 0.408 e. The number of thioether (sulfide) groups is 1. The van der Waals surface area contributed by atoms with Crippen LogP contribution < -0.4 is 16.4 Å². The summed E-state index contributed by atoms with van der Waals surface area (Å²) in [5.74, 6) is 1.87. The van der Waals surface area contributed by atoms with Crippen molar-refractivity contribution in [3.63, 3.8) is 0 Å². The van der Waals surface area contributed by atoms with Crippen molar-refractivity contribution in [1.82, 2.24) is 4.98 Å². The lowest BCUT2D eigenvalue weighted by molar-refractivity contribution is 0.555. The lowest BCUT2D eigenvalue weighted by Gasteiger charge is -2.23. The zero-order chi connectivity index (χ0) is 12.5. The number of nitrogen functional groups attached to an aromatic ring is 1. The monoisotopic (exact) mass is 265 g/mol. The van der Waals surface area contributed by atoms with Gasteiger partial charge in [0.2, 0.25) is 0 Å². The summed E-state index contributed by atoms with van der Waals surface area (Å²) in [6, 6.07) is 3.63. The second-order valence-electron chi connectivity index (χ2n) is 4.37. The minimum atomic E-state index is -0.437. The number of nitrogens with zero attached hydrogens (tertiary/aromatic N) is 1. The Morgan fingerprint density at radius 1 is 1.33 bits per heavy atom. The Labute approximate surface area is 108 Å². The fraction of sp³-hybridized carbons (Fsp3) is 0.417. The van der Waals surface area contributed by atoms with Crippen molar-refractivity contribution in [2.24, 2.45) is 0 Å². The number of hydrogen-bond donors (Lipinski definition) is 2. The fourth-order valence-corrected chi connectivity index (χ4v) is 3.15. The van der Waals surface area contributed by atoms with E-state index in [2.05, 4.69) is 9.88 Å². The first kappa shape index (κ1) is 11.5. The van der Waals surface area contributed by atoms with Crippen LogP contribution in [-0.2, 0) is 0 Å². The number of nitrogens with one attached hydrogen (secondary N) is 1. The van der Waals surface area contributed by atoms with Gasteiger partial charge in [-0.3, -0.25) is 4.98 Å². The lowest BCUT2D eigenvalue weighted by Crippen LogP contribution is -2.26. The highest BCUT2D eigenvalue weighted by molar-refractivity contribution is 7.99. The summed E-state index contributed by atoms with van der Waals surface area (Å²) < 4.78 is 5.00. The van der Waals surface area contributed by atoms with E-state index < -0.39 is 5.76 Å². The van der Waals surface area contributed by atoms with Crippen molar-refractivity contribution < 1.29 is 4.42 Å². The number of aromatic nitrogens is 1. The highest BCUT2D eigenvalue weighted by Gasteiger charge is 2.15. The number of rotatable bonds is 1. The van der Waals surface area contributed by atoms with Crippen LogP contribution in [0.2, 0.25) is 0 Å². The van der Waals surface area contributed by atoms with E-state index in [1.165, 1.54) is 5.75 Å². The maximum atomic E-state index is 11.2. The summed E-state index contributed by atoms with van der Waals surface area (Å²) in [6.07, 6.45) is 1.16. The van der Waals surface area contributed by atoms with Gasteiger partial charge in [0.25, 0.3) is 0 Å². The summed E-state index contributed by atoms with van der Waals surface area (Å²) in [4.78, 5) is 16.1. The van der Waals surface area contributed by atoms with E-state index in [9.17, 15) is 4.79 Å². The molecular weight excluding hydrogens is 250 g/mol. The number of benzene rings is 1. The van der Waals surface area contributed by atoms with E-state index in [1.54, 1.807) is 6.07 Å². The van der Waals surface area contributed by atoms with Gasteiger partial charge in [0.15, 0.2) is 5.58 Å². The van der Waals surface area contributed by atoms with Crippen LogP contribution in [0.4, 0.5) is 11.4 Å². The molecule has 0 bridgehead atoms. The predicted octanol–water partition coefficient (Wildman–Crippen LogP) is 1.65. The molecule has 1 fully saturated rings. The Morgan fingerprint density at radius 2 is 2.22 bits per heavy atom. The predicted molar refractivity (Wildman–Crippen MR) is 75.4 cm³/mol. The van der Waals surface area contributed by atoms with Crippen molar-refractivity contribution in [2.75, 3.05) is 35.2 Å². The largest absolute Gasteiger partial charge is 0.417 e. The molecule has 3 rings (SSSR count). The average Bonchev–Trinajstić information content (AvgIpc) is 2.55. The van der Waals surface area contributed by atoms with Gasteiger partial charge in [-0.05, 0) is 18.2 Å². The summed E-state index contributed by atoms with van der Waals surface area (Å²) >= 11 is 1.97. The Kier molecular flexibility index (Phi) is 2.95. The van der Waals surface area contributed by atoms with E-state index in [0.717, 1.165) is 31.0 Å². The first-order valence-electron chi connectivity index (χ1n) is 5.99. The van der Waals surface area contributed by atoms with Crippen molar-refractivity contribution in [1.29, 1.82) is 0 Å². The van der Waals surface area contributed by atoms with E-state index in [4.69, 9.17) is 10.2 Å². The molecule has 6 heteroatoms. The first-order chi connectivity index (χ1) is 8.74. The number of fused-ring (bicyclic) bond motifs is 1. The molecule has 18 heavy (non-hydrogen) atoms. The van der Waals surface area contributed by atoms with Gasteiger partial charge in [-0.2, -0.15) is 11.8 Å². The summed E-state index contributed by atoms with van der Waals surface area (Å²) in [5.41, 5.74) is 8.93. The van der Waals surface area contributed by atoms with Gasteiger partial charge in [0.05, 0.1) is 16.9 Å². The molecular formula is C12H15N3O2S. The third-order valence-corrected chi connectivity index (χ3v) is 4.18. The van der Waals surface area contributed by atoms with Crippen LogP contribution in [0.3, 0.4) is 0 Å². The number of anilines is 2. The van der Waals surface area contributed by atoms with Crippen LogP contribution in [0.15, 0.2) is 21.3 Å². The van der Waals surface area contributed by atoms with Crippen LogP contribution in [0.1, 0.15) is 6.42 Å². The normalized spacial score (nSPS) is 17.0. The number of oxazole rings is 1. The van der Waals surface area contributed by atoms with Crippen LogP contribution >= 0.6 is 11.8 Å². The molecule has 1 aliphatic heterocycles. The van der Waals surface area contributed by atoms with Crippen LogP contribution in [0.25, 0.3) is 11.1 Å². The van der Waals surface area contributed by atoms with Crippen molar-refractivity contribution in [3.05, 3.63) is 22.7 Å². The molecule has 0 amide bonds. The first-order valence-corrected chi connectivity index (χ1v) is 7.14. The number of H-pyrrole nitrogens is 1. The molecule has 0 aliphatic carbocycles. The zero-order valence-corrected chi connectivity index (χ0v) is 10.8. The average molecular weight is 265 g/mol. The standard InChI is InChI=1S/C12H15N3O2S/c13-8-6-11-9(14-12(16)17-11)7-10(8)15-2-1-4-18-5-3-15/h6-7H,1-5,13H2,(H,14,16). The van der Waals surface area contributed by atoms with Gasteiger partial charge >= 0.3 is 5.76 Å². The van der Waals surface area contributed by atoms with Crippen LogP contribution in [-0.4, -0.2) is 29.6 Å². The molecule has 0 spiro atoms. The van der Waals surface area contributed by atoms with Gasteiger partial charge in [-0.1, -0.05) is 0 Å². The zero-order valence-electron chi connectivity index (χ0n) is 9.94. The van der Waals surface area contributed by atoms with E-state index >= 15 is 0 Å². The molecule has 0 atom stereocenters. The highest BCUT2D eigenvalue weighted by Crippen LogP contribution is 2.29. The number of hydrogen-bond acceptors (Lipinski definition) is 5. The molecule has 2 aromatic rings. The SMILES string of the molecule is Nc1cc2oc(=O)[nH]c2cc1N1CCCSCC1. The summed E-state index contributed by atoms with van der Waals surface area (Å²) in [6.45, 7) is 1.99. The summed E-state index contributed by atoms with van der Waals surface area (Å²) in [7, 11) is 0. The molecule has 1 aliphatic rings. The number of aromatic amines is 1. The van der Waals surface area contributed by atoms with E-state index in [0.29, 0.717) is 16.8 Å². The van der Waals surface area contributed by atoms with Gasteiger partial charge in [0.1, 0.15) is 0 Å². The molecule has 0 radical (unpaired) electrons. The minimum absolute atomic E-state index is 0.437. The highest BCUT2D eigenvalue weighted by atomic mass is 32.2. The molecule has 0 saturated carbocycles. The molecule has 1 saturated heterocycles. The maximum absolute atomic E-state index is 11.2. The summed E-state index contributed by atoms with van der Waals surface area (Å²) in [5, 5.41) is 0. The lowest BCUT2D eigenvalue weighted by atomic mass is 10.2. The van der Waals surface area contributed by atoms with Gasteiger partial charge < -0.3 is 15.1 Å². The molecule has 1 aromatic heterocycles. The second kappa shape index (κ2) is 4.61. The Balaban J connectivity index is 2.04. The van der Waals surface area contributed by atoms with E-state index in [-0.39, 0.29) is 0 Å². The minimum Gasteiger partial charge on any atom is -0.408 e. The Hall–Kier alpha value is -1.56. The van der Waals surface area contributed by atoms with Gasteiger partial charge in [-0.25, -0.2) is 4.79 Å². The fourth-order valence-electron chi connectivity index (χ4n) is 2.26. The molecule has 5 nitrogen and oxygen atoms in total. The third-order valence-electron chi connectivity index (χ3n) is 3.13. The Bertz CT molecular complexity index is 611. The van der Waals surface area contributed by atoms with Crippen LogP contribution in [0.5, 0.6) is 0 Å². The van der Waals surface area contributed by atoms with Crippen molar-refractivity contribution >= 4 is 34.2 Å². The topological polar surface area (TPSA) is 75.3 Å². The van der Waals surface area contributed by atoms with Crippen molar-refractivity contribution in [3.8, 4) is 0 Å². The Morgan fingerprint density at radius 3 is 3.11 bits per heavy atom. The quantitative estimate of drug-likeness (QED) is 0.767. The van der Waals surface area contributed by atoms with Crippen LogP contribution in [0, 0.1) is 0 Å². The molecule has 0 unspecified atom stereocenters. The third kappa shape index (κ3) is 2.08. The van der Waals surface area contributed by atoms with Gasteiger partial charge in [-0.15, -0.1) is 0 Å². The van der Waals surface area contributed by atoms with E-state index in [1.807, 2.05) is 17.8 Å². The maximum Gasteiger partial charge on any atom is 0.417 e. The van der Waals surface area contributed by atoms with Gasteiger partial charge in [0, 0.05) is 24.9 Å².